The van der Waals surface area contributed by atoms with Gasteiger partial charge < -0.3 is 16.0 Å². The molecule has 0 aliphatic rings. The van der Waals surface area contributed by atoms with Gasteiger partial charge in [0.15, 0.2) is 5.13 Å². The van der Waals surface area contributed by atoms with Crippen LogP contribution >= 0.6 is 11.3 Å². The molecule has 2 aromatic rings. The van der Waals surface area contributed by atoms with E-state index in [-0.39, 0.29) is 11.0 Å². The van der Waals surface area contributed by atoms with Gasteiger partial charge in [-0.3, -0.25) is 9.59 Å². The molecule has 0 atom stereocenters. The van der Waals surface area contributed by atoms with E-state index in [4.69, 9.17) is 5.73 Å². The van der Waals surface area contributed by atoms with Gasteiger partial charge in [0.1, 0.15) is 11.4 Å². The third kappa shape index (κ3) is 4.62. The topological polar surface area (TPSA) is 114 Å². The summed E-state index contributed by atoms with van der Waals surface area (Å²) in [6.07, 6.45) is 2.78. The van der Waals surface area contributed by atoms with Crippen LogP contribution in [-0.4, -0.2) is 27.4 Å². The number of carbonyl (C=O) groups is 1. The predicted octanol–water partition coefficient (Wildman–Crippen LogP) is 1.47. The molecule has 0 aliphatic heterocycles. The van der Waals surface area contributed by atoms with Crippen molar-refractivity contribution in [1.82, 2.24) is 20.3 Å². The first-order chi connectivity index (χ1) is 10.8. The van der Waals surface area contributed by atoms with E-state index in [1.54, 1.807) is 0 Å². The quantitative estimate of drug-likeness (QED) is 0.716. The number of rotatable bonds is 5. The fourth-order valence-corrected chi connectivity index (χ4v) is 2.54. The molecule has 0 saturated carbocycles. The summed E-state index contributed by atoms with van der Waals surface area (Å²) in [5.41, 5.74) is 5.80. The minimum atomic E-state index is -0.422. The monoisotopic (exact) mass is 335 g/mol. The average molecular weight is 335 g/mol. The van der Waals surface area contributed by atoms with Crippen LogP contribution in [0, 0.1) is 0 Å². The second kappa shape index (κ2) is 6.91. The molecule has 4 N–H and O–H groups in total. The highest BCUT2D eigenvalue weighted by atomic mass is 32.1. The van der Waals surface area contributed by atoms with Gasteiger partial charge in [-0.1, -0.05) is 20.8 Å². The van der Waals surface area contributed by atoms with Crippen LogP contribution in [0.5, 0.6) is 0 Å². The van der Waals surface area contributed by atoms with Gasteiger partial charge in [0, 0.05) is 23.5 Å². The molecule has 0 aromatic carbocycles. The minimum Gasteiger partial charge on any atom is -0.375 e. The number of nitrogens with two attached hydrogens (primary N) is 1. The molecule has 7 nitrogen and oxygen atoms in total. The first-order valence-electron chi connectivity index (χ1n) is 7.35. The molecule has 0 bridgehead atoms. The second-order valence-electron chi connectivity index (χ2n) is 6.26. The maximum absolute atomic E-state index is 12.0. The van der Waals surface area contributed by atoms with E-state index < -0.39 is 11.5 Å². The molecule has 0 spiro atoms. The standard InChI is InChI=1S/C15H21N5O2S/c1-15(2,3)13-18-7-10(12(22)20-13)11(21)17-6-4-5-9-8-23-14(16)19-9/h7-8H,4-6H2,1-3H3,(H2,16,19)(H,17,21)(H,18,20,22). The summed E-state index contributed by atoms with van der Waals surface area (Å²) in [6.45, 7) is 6.28. The maximum Gasteiger partial charge on any atom is 0.263 e. The molecule has 8 heteroatoms. The van der Waals surface area contributed by atoms with Crippen LogP contribution in [0.15, 0.2) is 16.4 Å². The molecule has 2 aromatic heterocycles. The molecule has 2 heterocycles. The number of aromatic nitrogens is 3. The van der Waals surface area contributed by atoms with E-state index in [0.717, 1.165) is 18.5 Å². The summed E-state index contributed by atoms with van der Waals surface area (Å²) in [5, 5.41) is 5.16. The van der Waals surface area contributed by atoms with Gasteiger partial charge in [-0.05, 0) is 12.8 Å². The van der Waals surface area contributed by atoms with E-state index >= 15 is 0 Å². The Morgan fingerprint density at radius 1 is 1.43 bits per heavy atom. The van der Waals surface area contributed by atoms with Crippen molar-refractivity contribution in [1.29, 1.82) is 0 Å². The van der Waals surface area contributed by atoms with Gasteiger partial charge in [0.25, 0.3) is 11.5 Å². The predicted molar refractivity (Wildman–Crippen MR) is 90.7 cm³/mol. The van der Waals surface area contributed by atoms with Crippen LogP contribution in [0.3, 0.4) is 0 Å². The number of aromatic amines is 1. The van der Waals surface area contributed by atoms with Gasteiger partial charge in [-0.2, -0.15) is 0 Å². The lowest BCUT2D eigenvalue weighted by atomic mass is 9.96. The van der Waals surface area contributed by atoms with Crippen LogP contribution in [-0.2, 0) is 11.8 Å². The molecule has 0 fully saturated rings. The van der Waals surface area contributed by atoms with Crippen molar-refractivity contribution in [3.63, 3.8) is 0 Å². The summed E-state index contributed by atoms with van der Waals surface area (Å²) in [5.74, 6) is 0.136. The van der Waals surface area contributed by atoms with Crippen LogP contribution in [0.2, 0.25) is 0 Å². The third-order valence-electron chi connectivity index (χ3n) is 3.22. The van der Waals surface area contributed by atoms with E-state index in [2.05, 4.69) is 20.3 Å². The normalized spacial score (nSPS) is 11.4. The van der Waals surface area contributed by atoms with Crippen molar-refractivity contribution in [3.05, 3.63) is 39.0 Å². The number of aryl methyl sites for hydroxylation is 1. The fraction of sp³-hybridized carbons (Fsp3) is 0.467. The zero-order valence-electron chi connectivity index (χ0n) is 13.5. The Morgan fingerprint density at radius 3 is 2.74 bits per heavy atom. The fourth-order valence-electron chi connectivity index (χ4n) is 1.94. The number of amides is 1. The van der Waals surface area contributed by atoms with Crippen molar-refractivity contribution in [3.8, 4) is 0 Å². The number of thiazole rings is 1. The largest absolute Gasteiger partial charge is 0.375 e. The molecule has 0 radical (unpaired) electrons. The number of carbonyl (C=O) groups excluding carboxylic acids is 1. The zero-order valence-corrected chi connectivity index (χ0v) is 14.3. The summed E-state index contributed by atoms with van der Waals surface area (Å²) in [7, 11) is 0. The lowest BCUT2D eigenvalue weighted by Gasteiger charge is -2.16. The average Bonchev–Trinajstić information content (AvgIpc) is 2.88. The highest BCUT2D eigenvalue weighted by molar-refractivity contribution is 7.13. The third-order valence-corrected chi connectivity index (χ3v) is 3.94. The van der Waals surface area contributed by atoms with E-state index in [0.29, 0.717) is 17.5 Å². The number of hydrogen-bond donors (Lipinski definition) is 3. The Hall–Kier alpha value is -2.22. The van der Waals surface area contributed by atoms with E-state index in [1.165, 1.54) is 17.5 Å². The Morgan fingerprint density at radius 2 is 2.17 bits per heavy atom. The lowest BCUT2D eigenvalue weighted by molar-refractivity contribution is 0.0951. The summed E-state index contributed by atoms with van der Waals surface area (Å²) in [6, 6.07) is 0. The van der Waals surface area contributed by atoms with Gasteiger partial charge in [0.2, 0.25) is 0 Å². The first kappa shape index (κ1) is 17.1. The molecule has 23 heavy (non-hydrogen) atoms. The molecular formula is C15H21N5O2S. The number of nitrogens with zero attached hydrogens (tertiary/aromatic N) is 2. The summed E-state index contributed by atoms with van der Waals surface area (Å²) in [4.78, 5) is 35.0. The zero-order chi connectivity index (χ0) is 17.0. The Kier molecular flexibility index (Phi) is 5.15. The molecule has 2 rings (SSSR count). The molecule has 0 unspecified atom stereocenters. The van der Waals surface area contributed by atoms with E-state index in [1.807, 2.05) is 26.2 Å². The van der Waals surface area contributed by atoms with Gasteiger partial charge >= 0.3 is 0 Å². The van der Waals surface area contributed by atoms with Gasteiger partial charge in [0.05, 0.1) is 5.69 Å². The Bertz CT molecular complexity index is 745. The molecule has 1 amide bonds. The van der Waals surface area contributed by atoms with E-state index in [9.17, 15) is 9.59 Å². The number of nitrogens with one attached hydrogen (secondary N) is 2. The number of nitrogen functional groups attached to an aromatic ring is 1. The second-order valence-corrected chi connectivity index (χ2v) is 7.15. The maximum atomic E-state index is 12.0. The number of hydrogen-bond acceptors (Lipinski definition) is 6. The summed E-state index contributed by atoms with van der Waals surface area (Å²) >= 11 is 1.40. The van der Waals surface area contributed by atoms with Crippen molar-refractivity contribution < 1.29 is 4.79 Å². The van der Waals surface area contributed by atoms with Crippen molar-refractivity contribution >= 4 is 22.4 Å². The van der Waals surface area contributed by atoms with Crippen LogP contribution in [0.25, 0.3) is 0 Å². The van der Waals surface area contributed by atoms with Crippen molar-refractivity contribution in [2.24, 2.45) is 0 Å². The molecule has 0 saturated heterocycles. The van der Waals surface area contributed by atoms with Crippen LogP contribution in [0.4, 0.5) is 5.13 Å². The SMILES string of the molecule is CC(C)(C)c1ncc(C(=O)NCCCc2csc(N)n2)c(=O)[nH]1. The van der Waals surface area contributed by atoms with Gasteiger partial charge in [-0.25, -0.2) is 9.97 Å². The molecule has 0 aliphatic carbocycles. The summed E-state index contributed by atoms with van der Waals surface area (Å²) < 4.78 is 0. The van der Waals surface area contributed by atoms with Crippen molar-refractivity contribution in [2.75, 3.05) is 12.3 Å². The Labute approximate surface area is 138 Å². The Balaban J connectivity index is 1.89. The number of H-pyrrole nitrogens is 1. The van der Waals surface area contributed by atoms with Crippen molar-refractivity contribution in [2.45, 2.75) is 39.0 Å². The smallest absolute Gasteiger partial charge is 0.263 e. The minimum absolute atomic E-state index is 0.0240. The first-order valence-corrected chi connectivity index (χ1v) is 8.23. The highest BCUT2D eigenvalue weighted by Gasteiger charge is 2.19. The lowest BCUT2D eigenvalue weighted by Crippen LogP contribution is -2.32. The molecule has 124 valence electrons. The van der Waals surface area contributed by atoms with Crippen LogP contribution < -0.4 is 16.6 Å². The number of anilines is 1. The highest BCUT2D eigenvalue weighted by Crippen LogP contribution is 2.16. The van der Waals surface area contributed by atoms with Gasteiger partial charge in [-0.15, -0.1) is 11.3 Å². The van der Waals surface area contributed by atoms with Crippen LogP contribution in [0.1, 0.15) is 49.1 Å². The molecular weight excluding hydrogens is 314 g/mol.